The lowest BCUT2D eigenvalue weighted by Gasteiger charge is -2.17. The second-order valence-electron chi connectivity index (χ2n) is 5.86. The van der Waals surface area contributed by atoms with Crippen molar-refractivity contribution in [3.8, 4) is 11.6 Å². The fourth-order valence-electron chi connectivity index (χ4n) is 2.92. The first-order valence-corrected chi connectivity index (χ1v) is 7.78. The van der Waals surface area contributed by atoms with E-state index in [1.165, 1.54) is 13.3 Å². The number of pyridine rings is 1. The van der Waals surface area contributed by atoms with E-state index in [1.54, 1.807) is 18.2 Å². The third-order valence-corrected chi connectivity index (χ3v) is 4.27. The van der Waals surface area contributed by atoms with Crippen LogP contribution >= 0.6 is 0 Å². The molecule has 2 amide bonds. The van der Waals surface area contributed by atoms with Gasteiger partial charge in [-0.15, -0.1) is 0 Å². The number of halogens is 1. The number of nitrogens with two attached hydrogens (primary N) is 1. The molecule has 2 aromatic rings. The second kappa shape index (κ2) is 6.92. The Morgan fingerprint density at radius 1 is 1.48 bits per heavy atom. The predicted molar refractivity (Wildman–Crippen MR) is 88.3 cm³/mol. The molecular weight excluding hydrogens is 329 g/mol. The Kier molecular flexibility index (Phi) is 4.69. The number of ether oxygens (including phenoxy) is 2. The molecule has 1 aromatic carbocycles. The van der Waals surface area contributed by atoms with E-state index in [-0.39, 0.29) is 24.5 Å². The summed E-state index contributed by atoms with van der Waals surface area (Å²) in [6, 6.07) is 4.54. The molecule has 0 unspecified atom stereocenters. The molecule has 8 heteroatoms. The van der Waals surface area contributed by atoms with Crippen LogP contribution in [0, 0.1) is 5.92 Å². The summed E-state index contributed by atoms with van der Waals surface area (Å²) in [5.41, 5.74) is 5.62. The smallest absolute Gasteiger partial charge is 0.252 e. The lowest BCUT2D eigenvalue weighted by Crippen LogP contribution is -2.35. The van der Waals surface area contributed by atoms with Crippen LogP contribution in [0.15, 0.2) is 24.4 Å². The van der Waals surface area contributed by atoms with E-state index in [4.69, 9.17) is 15.2 Å². The molecule has 3 N–H and O–H groups in total. The molecule has 1 fully saturated rings. The topological polar surface area (TPSA) is 104 Å². The first kappa shape index (κ1) is 16.9. The Hall–Kier alpha value is -2.90. The Labute approximate surface area is 143 Å². The molecule has 2 atom stereocenters. The lowest BCUT2D eigenvalue weighted by atomic mass is 10.0. The van der Waals surface area contributed by atoms with E-state index in [0.717, 1.165) is 0 Å². The van der Waals surface area contributed by atoms with Gasteiger partial charge < -0.3 is 20.5 Å². The highest BCUT2D eigenvalue weighted by Crippen LogP contribution is 2.31. The van der Waals surface area contributed by atoms with Crippen LogP contribution in [0.5, 0.6) is 11.6 Å². The molecule has 0 saturated carbocycles. The molecular formula is C17H18FN3O4. The number of amides is 2. The van der Waals surface area contributed by atoms with E-state index in [2.05, 4.69) is 10.3 Å². The number of nitrogens with zero attached hydrogens (tertiary/aromatic N) is 1. The van der Waals surface area contributed by atoms with Gasteiger partial charge in [-0.05, 0) is 23.6 Å². The van der Waals surface area contributed by atoms with Gasteiger partial charge in [-0.2, -0.15) is 0 Å². The Morgan fingerprint density at radius 3 is 2.96 bits per heavy atom. The highest BCUT2D eigenvalue weighted by Gasteiger charge is 2.33. The van der Waals surface area contributed by atoms with E-state index in [1.807, 2.05) is 0 Å². The van der Waals surface area contributed by atoms with Crippen molar-refractivity contribution in [2.75, 3.05) is 20.4 Å². The molecule has 1 saturated heterocycles. The standard InChI is InChI=1S/C17H18FN3O4/c1-24-14-6-11-9(4-12(14)16(19)23)2-3-20-17(11)25-8-13-10(7-18)5-15(22)21-13/h2-4,6,10,13H,5,7-8H2,1H3,(H2,19,23)(H,21,22)/t10-,13+/m0/s1. The van der Waals surface area contributed by atoms with Gasteiger partial charge in [0.15, 0.2) is 0 Å². The van der Waals surface area contributed by atoms with Crippen LogP contribution in [0.2, 0.25) is 0 Å². The van der Waals surface area contributed by atoms with Crippen LogP contribution in [0.1, 0.15) is 16.8 Å². The molecule has 7 nitrogen and oxygen atoms in total. The summed E-state index contributed by atoms with van der Waals surface area (Å²) in [5.74, 6) is -0.565. The summed E-state index contributed by atoms with van der Waals surface area (Å²) in [5, 5.41) is 4.04. The quantitative estimate of drug-likeness (QED) is 0.817. The minimum Gasteiger partial charge on any atom is -0.496 e. The largest absolute Gasteiger partial charge is 0.496 e. The number of alkyl halides is 1. The van der Waals surface area contributed by atoms with Crippen molar-refractivity contribution < 1.29 is 23.5 Å². The highest BCUT2D eigenvalue weighted by atomic mass is 19.1. The van der Waals surface area contributed by atoms with Crippen molar-refractivity contribution in [2.45, 2.75) is 12.5 Å². The first-order valence-electron chi connectivity index (χ1n) is 7.78. The van der Waals surface area contributed by atoms with Crippen LogP contribution in [-0.4, -0.2) is 43.2 Å². The predicted octanol–water partition coefficient (Wildman–Crippen LogP) is 1.20. The maximum atomic E-state index is 13.0. The molecule has 2 heterocycles. The zero-order chi connectivity index (χ0) is 18.0. The van der Waals surface area contributed by atoms with Crippen molar-refractivity contribution in [1.29, 1.82) is 0 Å². The summed E-state index contributed by atoms with van der Waals surface area (Å²) >= 11 is 0. The number of aromatic nitrogens is 1. The Balaban J connectivity index is 1.89. The average Bonchev–Trinajstić information content (AvgIpc) is 2.98. The van der Waals surface area contributed by atoms with Gasteiger partial charge in [0.1, 0.15) is 12.4 Å². The average molecular weight is 347 g/mol. The monoisotopic (exact) mass is 347 g/mol. The molecule has 0 spiro atoms. The highest BCUT2D eigenvalue weighted by molar-refractivity contribution is 6.01. The normalized spacial score (nSPS) is 19.7. The second-order valence-corrected chi connectivity index (χ2v) is 5.86. The van der Waals surface area contributed by atoms with Crippen LogP contribution in [-0.2, 0) is 4.79 Å². The van der Waals surface area contributed by atoms with E-state index < -0.39 is 24.5 Å². The Morgan fingerprint density at radius 2 is 2.28 bits per heavy atom. The summed E-state index contributed by atoms with van der Waals surface area (Å²) < 4.78 is 23.9. The number of methoxy groups -OCH3 is 1. The van der Waals surface area contributed by atoms with Gasteiger partial charge in [0, 0.05) is 23.9 Å². The van der Waals surface area contributed by atoms with Gasteiger partial charge in [0.25, 0.3) is 5.91 Å². The molecule has 1 aliphatic rings. The van der Waals surface area contributed by atoms with Crippen molar-refractivity contribution in [2.24, 2.45) is 11.7 Å². The van der Waals surface area contributed by atoms with Crippen molar-refractivity contribution in [3.63, 3.8) is 0 Å². The molecule has 0 aliphatic carbocycles. The van der Waals surface area contributed by atoms with Gasteiger partial charge in [0.2, 0.25) is 11.8 Å². The fraction of sp³-hybridized carbons (Fsp3) is 0.353. The number of nitrogens with one attached hydrogen (secondary N) is 1. The van der Waals surface area contributed by atoms with E-state index in [0.29, 0.717) is 22.4 Å². The summed E-state index contributed by atoms with van der Waals surface area (Å²) in [4.78, 5) is 27.1. The number of hydrogen-bond donors (Lipinski definition) is 2. The molecule has 0 radical (unpaired) electrons. The summed E-state index contributed by atoms with van der Waals surface area (Å²) in [6.07, 6.45) is 1.69. The molecule has 0 bridgehead atoms. The van der Waals surface area contributed by atoms with Crippen molar-refractivity contribution >= 4 is 22.6 Å². The van der Waals surface area contributed by atoms with Crippen LogP contribution in [0.3, 0.4) is 0 Å². The SMILES string of the molecule is COc1cc2c(OC[C@H]3NC(=O)C[C@H]3CF)nccc2cc1C(N)=O. The van der Waals surface area contributed by atoms with E-state index in [9.17, 15) is 14.0 Å². The first-order chi connectivity index (χ1) is 12.0. The van der Waals surface area contributed by atoms with Gasteiger partial charge in [-0.3, -0.25) is 14.0 Å². The molecule has 3 rings (SSSR count). The van der Waals surface area contributed by atoms with Crippen LogP contribution < -0.4 is 20.5 Å². The number of primary amides is 1. The third kappa shape index (κ3) is 3.33. The molecule has 132 valence electrons. The van der Waals surface area contributed by atoms with Crippen LogP contribution in [0.4, 0.5) is 4.39 Å². The minimum absolute atomic E-state index is 0.103. The number of fused-ring (bicyclic) bond motifs is 1. The zero-order valence-electron chi connectivity index (χ0n) is 13.6. The van der Waals surface area contributed by atoms with Crippen molar-refractivity contribution in [3.05, 3.63) is 30.0 Å². The number of carbonyl (C=O) groups excluding carboxylic acids is 2. The number of carbonyl (C=O) groups is 2. The summed E-state index contributed by atoms with van der Waals surface area (Å²) in [7, 11) is 1.43. The molecule has 1 aliphatic heterocycles. The van der Waals surface area contributed by atoms with Gasteiger partial charge in [-0.1, -0.05) is 0 Å². The fourth-order valence-corrected chi connectivity index (χ4v) is 2.92. The van der Waals surface area contributed by atoms with Gasteiger partial charge in [-0.25, -0.2) is 4.98 Å². The van der Waals surface area contributed by atoms with E-state index >= 15 is 0 Å². The van der Waals surface area contributed by atoms with Crippen molar-refractivity contribution in [1.82, 2.24) is 10.3 Å². The molecule has 1 aromatic heterocycles. The van der Waals surface area contributed by atoms with Gasteiger partial charge >= 0.3 is 0 Å². The summed E-state index contributed by atoms with van der Waals surface area (Å²) in [6.45, 7) is -0.488. The van der Waals surface area contributed by atoms with Crippen LogP contribution in [0.25, 0.3) is 10.8 Å². The number of benzene rings is 1. The zero-order valence-corrected chi connectivity index (χ0v) is 13.6. The maximum Gasteiger partial charge on any atom is 0.252 e. The maximum absolute atomic E-state index is 13.0. The molecule has 25 heavy (non-hydrogen) atoms. The minimum atomic E-state index is -0.600. The lowest BCUT2D eigenvalue weighted by molar-refractivity contribution is -0.119. The van der Waals surface area contributed by atoms with Gasteiger partial charge in [0.05, 0.1) is 25.4 Å². The number of hydrogen-bond acceptors (Lipinski definition) is 5. The number of rotatable bonds is 6. The third-order valence-electron chi connectivity index (χ3n) is 4.27. The Bertz CT molecular complexity index is 827.